The summed E-state index contributed by atoms with van der Waals surface area (Å²) in [5.41, 5.74) is -2.41. The van der Waals surface area contributed by atoms with E-state index in [0.717, 1.165) is 6.20 Å². The molecule has 1 saturated carbocycles. The van der Waals surface area contributed by atoms with Crippen molar-refractivity contribution in [3.8, 4) is 0 Å². The van der Waals surface area contributed by atoms with Crippen molar-refractivity contribution in [1.82, 2.24) is 10.2 Å². The summed E-state index contributed by atoms with van der Waals surface area (Å²) in [6, 6.07) is 0. The van der Waals surface area contributed by atoms with E-state index in [1.54, 1.807) is 0 Å². The summed E-state index contributed by atoms with van der Waals surface area (Å²) in [5.74, 6) is 0. The molecule has 8 heteroatoms. The summed E-state index contributed by atoms with van der Waals surface area (Å²) in [7, 11) is 0. The first-order valence-electron chi connectivity index (χ1n) is 4.44. The van der Waals surface area contributed by atoms with Gasteiger partial charge in [0.05, 0.1) is 11.9 Å². The summed E-state index contributed by atoms with van der Waals surface area (Å²) in [6.07, 6.45) is -3.15. The van der Waals surface area contributed by atoms with Crippen molar-refractivity contribution in [2.75, 3.05) is 5.32 Å². The van der Waals surface area contributed by atoms with Crippen molar-refractivity contribution in [1.29, 1.82) is 0 Å². The highest BCUT2D eigenvalue weighted by Crippen LogP contribution is 2.51. The maximum absolute atomic E-state index is 12.6. The first-order chi connectivity index (χ1) is 7.36. The summed E-state index contributed by atoms with van der Waals surface area (Å²) >= 11 is 2.91. The second kappa shape index (κ2) is 3.47. The van der Waals surface area contributed by atoms with Gasteiger partial charge in [0, 0.05) is 0 Å². The molecule has 1 aromatic rings. The van der Waals surface area contributed by atoms with Gasteiger partial charge in [0.1, 0.15) is 10.0 Å². The lowest BCUT2D eigenvalue weighted by Gasteiger charge is -2.21. The van der Waals surface area contributed by atoms with Crippen molar-refractivity contribution in [3.63, 3.8) is 0 Å². The molecule has 0 saturated heterocycles. The highest BCUT2D eigenvalue weighted by atomic mass is 79.9. The SMILES string of the molecule is O=c1[nH]ncc(NC2(C(F)(F)F)CC2)c1Br. The monoisotopic (exact) mass is 297 g/mol. The highest BCUT2D eigenvalue weighted by molar-refractivity contribution is 9.10. The maximum atomic E-state index is 12.6. The third-order valence-corrected chi connectivity index (χ3v) is 3.25. The number of anilines is 1. The molecule has 0 amide bonds. The van der Waals surface area contributed by atoms with Gasteiger partial charge in [-0.25, -0.2) is 5.10 Å². The van der Waals surface area contributed by atoms with E-state index in [0.29, 0.717) is 0 Å². The van der Waals surface area contributed by atoms with Gasteiger partial charge in [0.2, 0.25) is 0 Å². The Morgan fingerprint density at radius 1 is 1.50 bits per heavy atom. The molecule has 2 N–H and O–H groups in total. The molecule has 0 atom stereocenters. The van der Waals surface area contributed by atoms with Gasteiger partial charge in [-0.1, -0.05) is 0 Å². The predicted molar refractivity (Wildman–Crippen MR) is 54.2 cm³/mol. The standard InChI is InChI=1S/C8H7BrF3N3O/c9-5-4(3-13-15-6(5)16)14-7(1-2-7)8(10,11)12/h3H,1-2H2,(H2,14,15,16). The molecule has 0 aliphatic heterocycles. The zero-order chi connectivity index (χ0) is 12.0. The normalized spacial score (nSPS) is 18.2. The van der Waals surface area contributed by atoms with Crippen LogP contribution in [0.15, 0.2) is 15.5 Å². The molecule has 1 fully saturated rings. The van der Waals surface area contributed by atoms with Crippen LogP contribution in [0.4, 0.5) is 18.9 Å². The van der Waals surface area contributed by atoms with Crippen LogP contribution in [0.5, 0.6) is 0 Å². The van der Waals surface area contributed by atoms with E-state index >= 15 is 0 Å². The number of halogens is 4. The third-order valence-electron chi connectivity index (χ3n) is 2.46. The Hall–Kier alpha value is -1.05. The largest absolute Gasteiger partial charge is 0.411 e. The highest BCUT2D eigenvalue weighted by Gasteiger charge is 2.63. The molecule has 1 heterocycles. The molecule has 1 aromatic heterocycles. The number of aromatic amines is 1. The van der Waals surface area contributed by atoms with Crippen LogP contribution >= 0.6 is 15.9 Å². The summed E-state index contributed by atoms with van der Waals surface area (Å²) in [5, 5.41) is 7.88. The molecule has 0 bridgehead atoms. The lowest BCUT2D eigenvalue weighted by Crippen LogP contribution is -2.39. The Morgan fingerprint density at radius 2 is 2.12 bits per heavy atom. The Kier molecular flexibility index (Phi) is 2.48. The summed E-state index contributed by atoms with van der Waals surface area (Å²) in [4.78, 5) is 11.1. The molecule has 2 rings (SSSR count). The number of alkyl halides is 3. The zero-order valence-electron chi connectivity index (χ0n) is 7.86. The van der Waals surface area contributed by atoms with Gasteiger partial charge in [0.25, 0.3) is 5.56 Å². The van der Waals surface area contributed by atoms with Gasteiger partial charge in [-0.3, -0.25) is 4.79 Å². The van der Waals surface area contributed by atoms with Crippen LogP contribution in [0.3, 0.4) is 0 Å². The van der Waals surface area contributed by atoms with E-state index in [4.69, 9.17) is 0 Å². The molecule has 0 aromatic carbocycles. The molecule has 0 spiro atoms. The van der Waals surface area contributed by atoms with Gasteiger partial charge < -0.3 is 5.32 Å². The second-order valence-electron chi connectivity index (χ2n) is 3.63. The predicted octanol–water partition coefficient (Wildman–Crippen LogP) is 2.04. The van der Waals surface area contributed by atoms with E-state index in [1.165, 1.54) is 0 Å². The topological polar surface area (TPSA) is 57.8 Å². The number of rotatable bonds is 2. The van der Waals surface area contributed by atoms with Gasteiger partial charge >= 0.3 is 6.18 Å². The molecule has 0 radical (unpaired) electrons. The second-order valence-corrected chi connectivity index (χ2v) is 4.42. The van der Waals surface area contributed by atoms with Crippen LogP contribution in [-0.4, -0.2) is 21.9 Å². The van der Waals surface area contributed by atoms with Crippen molar-refractivity contribution in [2.45, 2.75) is 24.6 Å². The molecule has 0 unspecified atom stereocenters. The maximum Gasteiger partial charge on any atom is 0.411 e. The van der Waals surface area contributed by atoms with Crippen molar-refractivity contribution < 1.29 is 13.2 Å². The lowest BCUT2D eigenvalue weighted by atomic mass is 10.2. The first-order valence-corrected chi connectivity index (χ1v) is 5.23. The molecular formula is C8H7BrF3N3O. The van der Waals surface area contributed by atoms with Gasteiger partial charge in [-0.05, 0) is 28.8 Å². The average molecular weight is 298 g/mol. The van der Waals surface area contributed by atoms with Gasteiger partial charge in [-0.2, -0.15) is 18.3 Å². The lowest BCUT2D eigenvalue weighted by molar-refractivity contribution is -0.151. The first kappa shape index (κ1) is 11.4. The number of hydrogen-bond donors (Lipinski definition) is 2. The fourth-order valence-electron chi connectivity index (χ4n) is 1.33. The van der Waals surface area contributed by atoms with E-state index in [9.17, 15) is 18.0 Å². The summed E-state index contributed by atoms with van der Waals surface area (Å²) < 4.78 is 37.9. The molecule has 88 valence electrons. The van der Waals surface area contributed by atoms with Crippen molar-refractivity contribution in [3.05, 3.63) is 21.0 Å². The van der Waals surface area contributed by atoms with Gasteiger partial charge in [-0.15, -0.1) is 0 Å². The molecule has 16 heavy (non-hydrogen) atoms. The fraction of sp³-hybridized carbons (Fsp3) is 0.500. The molecule has 1 aliphatic rings. The summed E-state index contributed by atoms with van der Waals surface area (Å²) in [6.45, 7) is 0. The number of aromatic nitrogens is 2. The third kappa shape index (κ3) is 1.81. The fourth-order valence-corrected chi connectivity index (χ4v) is 1.62. The quantitative estimate of drug-likeness (QED) is 0.878. The molecule has 4 nitrogen and oxygen atoms in total. The Balaban J connectivity index is 2.29. The van der Waals surface area contributed by atoms with Crippen LogP contribution in [0.25, 0.3) is 0 Å². The van der Waals surface area contributed by atoms with E-state index in [-0.39, 0.29) is 23.0 Å². The van der Waals surface area contributed by atoms with E-state index < -0.39 is 17.3 Å². The van der Waals surface area contributed by atoms with Crippen LogP contribution in [-0.2, 0) is 0 Å². The van der Waals surface area contributed by atoms with Crippen LogP contribution in [0.2, 0.25) is 0 Å². The minimum atomic E-state index is -4.32. The Morgan fingerprint density at radius 3 is 2.62 bits per heavy atom. The van der Waals surface area contributed by atoms with Gasteiger partial charge in [0.15, 0.2) is 0 Å². The molecular weight excluding hydrogens is 291 g/mol. The number of nitrogens with zero attached hydrogens (tertiary/aromatic N) is 1. The van der Waals surface area contributed by atoms with Crippen molar-refractivity contribution in [2.24, 2.45) is 0 Å². The molecule has 1 aliphatic carbocycles. The average Bonchev–Trinajstić information content (AvgIpc) is 2.93. The smallest absolute Gasteiger partial charge is 0.369 e. The minimum Gasteiger partial charge on any atom is -0.369 e. The number of nitrogens with one attached hydrogen (secondary N) is 2. The Labute approximate surface area is 96.4 Å². The zero-order valence-corrected chi connectivity index (χ0v) is 9.44. The Bertz CT molecular complexity index is 466. The van der Waals surface area contributed by atoms with E-state index in [1.807, 2.05) is 0 Å². The van der Waals surface area contributed by atoms with E-state index in [2.05, 4.69) is 31.4 Å². The van der Waals surface area contributed by atoms with Crippen LogP contribution in [0, 0.1) is 0 Å². The van der Waals surface area contributed by atoms with Crippen LogP contribution in [0.1, 0.15) is 12.8 Å². The number of hydrogen-bond acceptors (Lipinski definition) is 3. The van der Waals surface area contributed by atoms with Crippen LogP contribution < -0.4 is 10.9 Å². The number of H-pyrrole nitrogens is 1. The minimum absolute atomic E-state index is 0.00966. The van der Waals surface area contributed by atoms with Crippen molar-refractivity contribution >= 4 is 21.6 Å².